The maximum absolute atomic E-state index is 9.96. The van der Waals surface area contributed by atoms with Crippen LogP contribution in [0.1, 0.15) is 33.6 Å². The molecular formula is C18H24N2O4S2. The quantitative estimate of drug-likeness (QED) is 0.379. The molecule has 0 unspecified atom stereocenters. The number of aromatic hydroxyl groups is 2. The molecule has 0 aliphatic carbocycles. The topological polar surface area (TPSA) is 107 Å². The van der Waals surface area contributed by atoms with Crippen LogP contribution in [0.15, 0.2) is 12.4 Å². The molecule has 0 saturated carbocycles. The normalized spacial score (nSPS) is 11.1. The molecule has 0 spiro atoms. The molecule has 0 bridgehead atoms. The molecule has 26 heavy (non-hydrogen) atoms. The molecule has 4 N–H and O–H groups in total. The summed E-state index contributed by atoms with van der Waals surface area (Å²) in [4.78, 5) is 8.29. The molecule has 8 heteroatoms. The van der Waals surface area contributed by atoms with Crippen LogP contribution in [0.4, 0.5) is 0 Å². The molecule has 0 aliphatic heterocycles. The highest BCUT2D eigenvalue weighted by molar-refractivity contribution is 8.76. The van der Waals surface area contributed by atoms with Gasteiger partial charge in [0.25, 0.3) is 0 Å². The van der Waals surface area contributed by atoms with Crippen LogP contribution in [0.3, 0.4) is 0 Å². The van der Waals surface area contributed by atoms with Crippen molar-refractivity contribution in [3.8, 4) is 11.5 Å². The Morgan fingerprint density at radius 1 is 0.769 bits per heavy atom. The van der Waals surface area contributed by atoms with Crippen molar-refractivity contribution in [1.29, 1.82) is 0 Å². The summed E-state index contributed by atoms with van der Waals surface area (Å²) >= 11 is 0. The van der Waals surface area contributed by atoms with Crippen molar-refractivity contribution in [2.45, 2.75) is 39.9 Å². The summed E-state index contributed by atoms with van der Waals surface area (Å²) in [5, 5.41) is 38.8. The number of nitrogens with zero attached hydrogens (tertiary/aromatic N) is 2. The van der Waals surface area contributed by atoms with Crippen molar-refractivity contribution < 1.29 is 20.4 Å². The molecule has 2 aromatic rings. The third-order valence-corrected chi connectivity index (χ3v) is 6.58. The van der Waals surface area contributed by atoms with Crippen molar-refractivity contribution in [2.75, 3.05) is 11.5 Å². The number of aryl methyl sites for hydroxylation is 4. The van der Waals surface area contributed by atoms with E-state index >= 15 is 0 Å². The van der Waals surface area contributed by atoms with E-state index in [0.29, 0.717) is 35.4 Å². The lowest BCUT2D eigenvalue weighted by Crippen LogP contribution is -2.01. The van der Waals surface area contributed by atoms with Crippen LogP contribution in [0.5, 0.6) is 11.5 Å². The van der Waals surface area contributed by atoms with Gasteiger partial charge in [-0.2, -0.15) is 0 Å². The first-order valence-corrected chi connectivity index (χ1v) is 10.8. The highest BCUT2D eigenvalue weighted by Gasteiger charge is 2.12. The second-order valence-corrected chi connectivity index (χ2v) is 8.55. The van der Waals surface area contributed by atoms with Gasteiger partial charge < -0.3 is 20.4 Å². The van der Waals surface area contributed by atoms with Gasteiger partial charge in [0.2, 0.25) is 0 Å². The number of aliphatic hydroxyl groups is 2. The van der Waals surface area contributed by atoms with Gasteiger partial charge >= 0.3 is 0 Å². The lowest BCUT2D eigenvalue weighted by atomic mass is 10.1. The van der Waals surface area contributed by atoms with Crippen molar-refractivity contribution in [1.82, 2.24) is 9.97 Å². The number of aromatic nitrogens is 2. The summed E-state index contributed by atoms with van der Waals surface area (Å²) in [6, 6.07) is 0. The van der Waals surface area contributed by atoms with Crippen LogP contribution in [-0.4, -0.2) is 41.9 Å². The van der Waals surface area contributed by atoms with E-state index in [4.69, 9.17) is 0 Å². The first-order valence-electron chi connectivity index (χ1n) is 8.28. The maximum Gasteiger partial charge on any atom is 0.142 e. The predicted molar refractivity (Wildman–Crippen MR) is 105 cm³/mol. The van der Waals surface area contributed by atoms with E-state index in [1.807, 2.05) is 0 Å². The Balaban J connectivity index is 1.80. The van der Waals surface area contributed by atoms with Crippen LogP contribution < -0.4 is 0 Å². The molecule has 0 atom stereocenters. The van der Waals surface area contributed by atoms with Gasteiger partial charge in [-0.3, -0.25) is 9.97 Å². The third-order valence-electron chi connectivity index (χ3n) is 4.17. The van der Waals surface area contributed by atoms with Crippen molar-refractivity contribution in [2.24, 2.45) is 0 Å². The Hall–Kier alpha value is -1.48. The molecular weight excluding hydrogens is 372 g/mol. The summed E-state index contributed by atoms with van der Waals surface area (Å²) < 4.78 is 0. The van der Waals surface area contributed by atoms with Crippen LogP contribution >= 0.6 is 21.6 Å². The first kappa shape index (κ1) is 20.8. The van der Waals surface area contributed by atoms with E-state index in [-0.39, 0.29) is 24.7 Å². The lowest BCUT2D eigenvalue weighted by molar-refractivity contribution is 0.273. The first-order chi connectivity index (χ1) is 12.5. The van der Waals surface area contributed by atoms with E-state index in [0.717, 1.165) is 22.6 Å². The fourth-order valence-corrected chi connectivity index (χ4v) is 4.62. The summed E-state index contributed by atoms with van der Waals surface area (Å²) in [7, 11) is 3.40. The molecule has 2 heterocycles. The van der Waals surface area contributed by atoms with E-state index in [2.05, 4.69) is 9.97 Å². The Kier molecular flexibility index (Phi) is 8.02. The summed E-state index contributed by atoms with van der Waals surface area (Å²) in [5.74, 6) is 1.80. The van der Waals surface area contributed by atoms with Gasteiger partial charge in [-0.15, -0.1) is 0 Å². The van der Waals surface area contributed by atoms with Gasteiger partial charge in [-0.1, -0.05) is 21.6 Å². The number of hydrogen-bond acceptors (Lipinski definition) is 8. The number of aliphatic hydroxyl groups excluding tert-OH is 2. The van der Waals surface area contributed by atoms with Gasteiger partial charge in [0, 0.05) is 35.0 Å². The smallest absolute Gasteiger partial charge is 0.142 e. The zero-order chi connectivity index (χ0) is 19.1. The molecule has 6 nitrogen and oxygen atoms in total. The standard InChI is InChI=1S/C18H24N2O4S2/c1-11-17(23)15(9-21)13(7-19-11)3-5-25-26-6-4-14-8-20-12(2)18(24)16(14)10-22/h7-8,21-24H,3-6,9-10H2,1-2H3. The van der Waals surface area contributed by atoms with Gasteiger partial charge in [-0.25, -0.2) is 0 Å². The minimum Gasteiger partial charge on any atom is -0.506 e. The predicted octanol–water partition coefficient (Wildman–Crippen LogP) is 2.66. The average molecular weight is 397 g/mol. The molecule has 0 amide bonds. The Labute approximate surface area is 161 Å². The van der Waals surface area contributed by atoms with E-state index < -0.39 is 0 Å². The minimum atomic E-state index is -0.198. The molecule has 0 fully saturated rings. The third kappa shape index (κ3) is 5.03. The van der Waals surface area contributed by atoms with E-state index in [9.17, 15) is 20.4 Å². The summed E-state index contributed by atoms with van der Waals surface area (Å²) in [6.45, 7) is 3.02. The van der Waals surface area contributed by atoms with Crippen LogP contribution in [-0.2, 0) is 26.1 Å². The fourth-order valence-electron chi connectivity index (χ4n) is 2.57. The van der Waals surface area contributed by atoms with Crippen molar-refractivity contribution >= 4 is 21.6 Å². The second kappa shape index (κ2) is 10.0. The lowest BCUT2D eigenvalue weighted by Gasteiger charge is -2.11. The highest BCUT2D eigenvalue weighted by atomic mass is 33.1. The zero-order valence-corrected chi connectivity index (χ0v) is 16.5. The maximum atomic E-state index is 9.96. The van der Waals surface area contributed by atoms with Crippen LogP contribution in [0.2, 0.25) is 0 Å². The minimum absolute atomic E-state index is 0.0749. The van der Waals surface area contributed by atoms with Crippen molar-refractivity contribution in [3.05, 3.63) is 46.0 Å². The second-order valence-electron chi connectivity index (χ2n) is 5.85. The summed E-state index contributed by atoms with van der Waals surface area (Å²) in [6.07, 6.45) is 4.84. The molecule has 142 valence electrons. The molecule has 0 radical (unpaired) electrons. The Morgan fingerprint density at radius 3 is 1.50 bits per heavy atom. The van der Waals surface area contributed by atoms with E-state index in [1.54, 1.807) is 47.8 Å². The van der Waals surface area contributed by atoms with E-state index in [1.165, 1.54) is 0 Å². The number of hydrogen-bond donors (Lipinski definition) is 4. The molecule has 2 aromatic heterocycles. The van der Waals surface area contributed by atoms with Gasteiger partial charge in [-0.05, 0) is 37.8 Å². The van der Waals surface area contributed by atoms with Gasteiger partial charge in [0.05, 0.1) is 24.6 Å². The zero-order valence-electron chi connectivity index (χ0n) is 14.9. The monoisotopic (exact) mass is 396 g/mol. The molecule has 2 rings (SSSR count). The van der Waals surface area contributed by atoms with Gasteiger partial charge in [0.1, 0.15) is 11.5 Å². The molecule has 0 aromatic carbocycles. The van der Waals surface area contributed by atoms with Crippen molar-refractivity contribution in [3.63, 3.8) is 0 Å². The summed E-state index contributed by atoms with van der Waals surface area (Å²) in [5.41, 5.74) is 3.87. The molecule has 0 aliphatic rings. The highest BCUT2D eigenvalue weighted by Crippen LogP contribution is 2.29. The van der Waals surface area contributed by atoms with Crippen LogP contribution in [0, 0.1) is 13.8 Å². The fraction of sp³-hybridized carbons (Fsp3) is 0.444. The number of pyridine rings is 2. The Bertz CT molecular complexity index is 693. The van der Waals surface area contributed by atoms with Gasteiger partial charge in [0.15, 0.2) is 0 Å². The number of rotatable bonds is 9. The average Bonchev–Trinajstić information content (AvgIpc) is 2.64. The SMILES string of the molecule is Cc1ncc(CCSSCCc2cnc(C)c(O)c2CO)c(CO)c1O. The van der Waals surface area contributed by atoms with Crippen LogP contribution in [0.25, 0.3) is 0 Å². The molecule has 0 saturated heterocycles. The largest absolute Gasteiger partial charge is 0.506 e. The Morgan fingerprint density at radius 2 is 1.15 bits per heavy atom.